The molecule has 0 bridgehead atoms. The predicted molar refractivity (Wildman–Crippen MR) is 145 cm³/mol. The molecule has 0 saturated carbocycles. The molecule has 1 atom stereocenters. The monoisotopic (exact) mass is 481 g/mol. The van der Waals surface area contributed by atoms with E-state index < -0.39 is 10.0 Å². The number of aryl methyl sites for hydroxylation is 1. The zero-order chi connectivity index (χ0) is 24.6. The molecule has 1 heterocycles. The summed E-state index contributed by atoms with van der Waals surface area (Å²) in [4.78, 5) is 0.347. The maximum Gasteiger partial charge on any atom is 0.243 e. The van der Waals surface area contributed by atoms with Crippen molar-refractivity contribution in [3.05, 3.63) is 118 Å². The molecule has 1 saturated heterocycles. The minimum Gasteiger partial charge on any atom is -0.207 e. The molecular weight excluding hydrogens is 450 g/mol. The Labute approximate surface area is 209 Å². The van der Waals surface area contributed by atoms with Crippen molar-refractivity contribution in [3.8, 4) is 0 Å². The Bertz CT molecular complexity index is 1450. The van der Waals surface area contributed by atoms with Gasteiger partial charge >= 0.3 is 0 Å². The number of nitrogens with zero attached hydrogens (tertiary/aromatic N) is 1. The van der Waals surface area contributed by atoms with E-state index in [1.54, 1.807) is 16.4 Å². The summed E-state index contributed by atoms with van der Waals surface area (Å²) in [6.45, 7) is 7.16. The van der Waals surface area contributed by atoms with Crippen LogP contribution in [0, 0.1) is 12.8 Å². The molecule has 1 unspecified atom stereocenters. The zero-order valence-corrected chi connectivity index (χ0v) is 21.3. The van der Waals surface area contributed by atoms with Gasteiger partial charge in [-0.2, -0.15) is 4.31 Å². The van der Waals surface area contributed by atoms with E-state index in [-0.39, 0.29) is 5.92 Å². The Morgan fingerprint density at radius 3 is 2.31 bits per heavy atom. The lowest BCUT2D eigenvalue weighted by molar-refractivity contribution is 0.489. The Morgan fingerprint density at radius 2 is 1.60 bits per heavy atom. The van der Waals surface area contributed by atoms with Crippen molar-refractivity contribution in [3.63, 3.8) is 0 Å². The smallest absolute Gasteiger partial charge is 0.207 e. The van der Waals surface area contributed by atoms with Crippen molar-refractivity contribution in [1.82, 2.24) is 4.31 Å². The van der Waals surface area contributed by atoms with Gasteiger partial charge in [0.1, 0.15) is 0 Å². The molecule has 3 nitrogen and oxygen atoms in total. The third-order valence-electron chi connectivity index (χ3n) is 7.18. The minimum atomic E-state index is -3.62. The third-order valence-corrected chi connectivity index (χ3v) is 8.99. The van der Waals surface area contributed by atoms with E-state index in [1.165, 1.54) is 22.3 Å². The van der Waals surface area contributed by atoms with Gasteiger partial charge in [-0.05, 0) is 58.9 Å². The van der Waals surface area contributed by atoms with Crippen molar-refractivity contribution in [2.45, 2.75) is 32.1 Å². The number of benzene rings is 3. The number of allylic oxidation sites excluding steroid dienone is 2. The van der Waals surface area contributed by atoms with Gasteiger partial charge in [-0.25, -0.2) is 8.42 Å². The summed E-state index contributed by atoms with van der Waals surface area (Å²) in [5.41, 5.74) is 9.38. The summed E-state index contributed by atoms with van der Waals surface area (Å²) < 4.78 is 29.0. The van der Waals surface area contributed by atoms with Gasteiger partial charge in [0.2, 0.25) is 10.0 Å². The lowest BCUT2D eigenvalue weighted by Gasteiger charge is -2.28. The average Bonchev–Trinajstić information content (AvgIpc) is 3.28. The standard InChI is InChI=1S/C31H31NO2S/c1-4-25-19-26-12-8-9-13-29(26)31(23(25)3)30-21-32(20-27(30)18-24-10-6-5-7-11-24)35(33,34)28-16-14-22(2)15-17-28/h5-19,23H,4,20-21H2,1-3H3/b27-18+,31-30+. The highest BCUT2D eigenvalue weighted by molar-refractivity contribution is 7.89. The predicted octanol–water partition coefficient (Wildman–Crippen LogP) is 6.98. The van der Waals surface area contributed by atoms with Crippen LogP contribution in [0.4, 0.5) is 0 Å². The van der Waals surface area contributed by atoms with Crippen LogP contribution in [0.25, 0.3) is 17.7 Å². The topological polar surface area (TPSA) is 37.4 Å². The second-order valence-corrected chi connectivity index (χ2v) is 11.4. The largest absolute Gasteiger partial charge is 0.243 e. The first kappa shape index (κ1) is 23.5. The fraction of sp³-hybridized carbons (Fsp3) is 0.226. The van der Waals surface area contributed by atoms with E-state index in [0.717, 1.165) is 28.7 Å². The van der Waals surface area contributed by atoms with Crippen LogP contribution < -0.4 is 0 Å². The van der Waals surface area contributed by atoms with Gasteiger partial charge in [0.25, 0.3) is 0 Å². The summed E-state index contributed by atoms with van der Waals surface area (Å²) in [6, 6.07) is 25.8. The van der Waals surface area contributed by atoms with Crippen LogP contribution in [-0.4, -0.2) is 25.8 Å². The molecule has 1 aliphatic carbocycles. The van der Waals surface area contributed by atoms with Crippen molar-refractivity contribution in [2.24, 2.45) is 5.92 Å². The van der Waals surface area contributed by atoms with E-state index >= 15 is 0 Å². The van der Waals surface area contributed by atoms with E-state index in [4.69, 9.17) is 0 Å². The molecule has 4 heteroatoms. The number of rotatable bonds is 4. The van der Waals surface area contributed by atoms with E-state index in [2.05, 4.69) is 62.4 Å². The molecule has 3 aromatic carbocycles. The molecular formula is C31H31NO2S. The van der Waals surface area contributed by atoms with Crippen LogP contribution in [0.1, 0.15) is 42.5 Å². The van der Waals surface area contributed by atoms with Crippen molar-refractivity contribution < 1.29 is 8.42 Å². The molecule has 3 aromatic rings. The van der Waals surface area contributed by atoms with Crippen LogP contribution in [0.3, 0.4) is 0 Å². The molecule has 1 aliphatic heterocycles. The average molecular weight is 482 g/mol. The maximum absolute atomic E-state index is 13.7. The van der Waals surface area contributed by atoms with Gasteiger partial charge < -0.3 is 0 Å². The fourth-order valence-electron chi connectivity index (χ4n) is 5.23. The summed E-state index contributed by atoms with van der Waals surface area (Å²) in [5.74, 6) is 0.228. The van der Waals surface area contributed by atoms with Crippen LogP contribution in [-0.2, 0) is 10.0 Å². The molecule has 0 amide bonds. The number of sulfonamides is 1. The molecule has 0 radical (unpaired) electrons. The lowest BCUT2D eigenvalue weighted by Crippen LogP contribution is -2.28. The molecule has 0 aromatic heterocycles. The number of hydrogen-bond acceptors (Lipinski definition) is 2. The second-order valence-electron chi connectivity index (χ2n) is 9.44. The first-order valence-corrected chi connectivity index (χ1v) is 13.7. The summed E-state index contributed by atoms with van der Waals surface area (Å²) in [6.07, 6.45) is 5.43. The SMILES string of the molecule is CCC1=Cc2ccccc2/C(=C2\CN(S(=O)(=O)c3ccc(C)cc3)C\C2=C/c2ccccc2)C1C. The van der Waals surface area contributed by atoms with E-state index in [1.807, 2.05) is 37.3 Å². The van der Waals surface area contributed by atoms with E-state index in [9.17, 15) is 8.42 Å². The molecule has 2 aliphatic rings. The highest BCUT2D eigenvalue weighted by Crippen LogP contribution is 2.44. The third kappa shape index (κ3) is 4.44. The Kier molecular flexibility index (Phi) is 6.35. The van der Waals surface area contributed by atoms with Crippen LogP contribution in [0.5, 0.6) is 0 Å². The van der Waals surface area contributed by atoms with Crippen molar-refractivity contribution in [2.75, 3.05) is 13.1 Å². The van der Waals surface area contributed by atoms with Gasteiger partial charge in [0.15, 0.2) is 0 Å². The molecule has 1 fully saturated rings. The molecule has 0 N–H and O–H groups in total. The molecule has 178 valence electrons. The quantitative estimate of drug-likeness (QED) is 0.403. The van der Waals surface area contributed by atoms with Gasteiger partial charge in [0, 0.05) is 19.0 Å². The lowest BCUT2D eigenvalue weighted by atomic mass is 9.76. The first-order chi connectivity index (χ1) is 16.9. The van der Waals surface area contributed by atoms with Crippen molar-refractivity contribution >= 4 is 27.7 Å². The maximum atomic E-state index is 13.7. The van der Waals surface area contributed by atoms with Gasteiger partial charge in [0.05, 0.1) is 4.90 Å². The Balaban J connectivity index is 1.68. The first-order valence-electron chi connectivity index (χ1n) is 12.2. The van der Waals surface area contributed by atoms with Crippen LogP contribution in [0.2, 0.25) is 0 Å². The van der Waals surface area contributed by atoms with Gasteiger partial charge in [-0.1, -0.05) is 104 Å². The minimum absolute atomic E-state index is 0.228. The zero-order valence-electron chi connectivity index (χ0n) is 20.5. The summed E-state index contributed by atoms with van der Waals surface area (Å²) in [5, 5.41) is 0. The van der Waals surface area contributed by atoms with Crippen LogP contribution in [0.15, 0.2) is 100 Å². The van der Waals surface area contributed by atoms with Gasteiger partial charge in [-0.3, -0.25) is 0 Å². The van der Waals surface area contributed by atoms with E-state index in [0.29, 0.717) is 18.0 Å². The second kappa shape index (κ2) is 9.44. The Morgan fingerprint density at radius 1 is 0.914 bits per heavy atom. The Hall–Kier alpha value is -3.21. The highest BCUT2D eigenvalue weighted by Gasteiger charge is 2.36. The molecule has 0 spiro atoms. The summed E-state index contributed by atoms with van der Waals surface area (Å²) in [7, 11) is -3.62. The summed E-state index contributed by atoms with van der Waals surface area (Å²) >= 11 is 0. The number of fused-ring (bicyclic) bond motifs is 1. The van der Waals surface area contributed by atoms with Gasteiger partial charge in [-0.15, -0.1) is 0 Å². The normalized spacial score (nSPS) is 21.7. The fourth-order valence-corrected chi connectivity index (χ4v) is 6.62. The van der Waals surface area contributed by atoms with Crippen LogP contribution >= 0.6 is 0 Å². The molecule has 5 rings (SSSR count). The number of hydrogen-bond donors (Lipinski definition) is 0. The van der Waals surface area contributed by atoms with Crippen molar-refractivity contribution in [1.29, 1.82) is 0 Å². The highest BCUT2D eigenvalue weighted by atomic mass is 32.2. The molecule has 35 heavy (non-hydrogen) atoms.